The lowest BCUT2D eigenvalue weighted by molar-refractivity contribution is -0.384. The molecule has 0 aromatic heterocycles. The summed E-state index contributed by atoms with van der Waals surface area (Å²) < 4.78 is 40.1. The number of amides is 1. The van der Waals surface area contributed by atoms with Gasteiger partial charge in [-0.2, -0.15) is 13.2 Å². The molecule has 10 heteroatoms. The standard InChI is InChI=1S/C25H17F3N2O5/c1-14-8-10-15(11-9-14)22(31)20-21(16-4-2-7-19(12-16)30(34)35)29(24(33)23(20)32)18-6-3-5-17(13-18)25(26,27)28/h2-13,21,31H,1H3/b22-20-/t21-/m1/s1. The van der Waals surface area contributed by atoms with Crippen LogP contribution in [0, 0.1) is 17.0 Å². The van der Waals surface area contributed by atoms with Gasteiger partial charge >= 0.3 is 6.18 Å². The summed E-state index contributed by atoms with van der Waals surface area (Å²) in [6, 6.07) is 13.8. The number of Topliss-reactive ketones (excluding diaryl/α,β-unsaturated/α-hetero) is 1. The molecule has 7 nitrogen and oxygen atoms in total. The van der Waals surface area contributed by atoms with Crippen molar-refractivity contribution in [2.75, 3.05) is 4.90 Å². The summed E-state index contributed by atoms with van der Waals surface area (Å²) in [4.78, 5) is 37.7. The summed E-state index contributed by atoms with van der Waals surface area (Å²) in [6.07, 6.45) is -4.72. The number of nitro benzene ring substituents is 1. The molecule has 35 heavy (non-hydrogen) atoms. The fourth-order valence-corrected chi connectivity index (χ4v) is 3.92. The number of anilines is 1. The van der Waals surface area contributed by atoms with Crippen LogP contribution in [0.1, 0.15) is 28.3 Å². The molecule has 1 aliphatic rings. The van der Waals surface area contributed by atoms with Crippen molar-refractivity contribution >= 4 is 28.8 Å². The predicted octanol–water partition coefficient (Wildman–Crippen LogP) is 5.55. The average Bonchev–Trinajstić information content (AvgIpc) is 3.09. The van der Waals surface area contributed by atoms with Crippen LogP contribution in [0.25, 0.3) is 5.76 Å². The molecule has 0 radical (unpaired) electrons. The van der Waals surface area contributed by atoms with Crippen molar-refractivity contribution in [3.63, 3.8) is 0 Å². The molecule has 1 heterocycles. The molecule has 0 saturated carbocycles. The normalized spacial score (nSPS) is 17.6. The topological polar surface area (TPSA) is 101 Å². The maximum atomic E-state index is 13.4. The Balaban J connectivity index is 1.97. The van der Waals surface area contributed by atoms with Crippen molar-refractivity contribution in [1.29, 1.82) is 0 Å². The summed E-state index contributed by atoms with van der Waals surface area (Å²) in [5.74, 6) is -2.85. The number of hydrogen-bond donors (Lipinski definition) is 1. The van der Waals surface area contributed by atoms with Crippen LogP contribution in [-0.4, -0.2) is 21.7 Å². The Kier molecular flexibility index (Phi) is 5.89. The zero-order valence-electron chi connectivity index (χ0n) is 18.1. The quantitative estimate of drug-likeness (QED) is 0.173. The number of halogens is 3. The fraction of sp³-hybridized carbons (Fsp3) is 0.120. The van der Waals surface area contributed by atoms with E-state index < -0.39 is 45.7 Å². The third-order valence-corrected chi connectivity index (χ3v) is 5.62. The molecule has 1 fully saturated rings. The summed E-state index contributed by atoms with van der Waals surface area (Å²) >= 11 is 0. The monoisotopic (exact) mass is 482 g/mol. The van der Waals surface area contributed by atoms with E-state index in [9.17, 15) is 38.0 Å². The Morgan fingerprint density at radius 3 is 2.29 bits per heavy atom. The molecule has 1 amide bonds. The Hall–Kier alpha value is -4.47. The minimum Gasteiger partial charge on any atom is -0.507 e. The van der Waals surface area contributed by atoms with Crippen molar-refractivity contribution in [1.82, 2.24) is 0 Å². The first-order chi connectivity index (χ1) is 16.5. The highest BCUT2D eigenvalue weighted by molar-refractivity contribution is 6.51. The first-order valence-corrected chi connectivity index (χ1v) is 10.3. The molecule has 178 valence electrons. The maximum absolute atomic E-state index is 13.4. The molecular weight excluding hydrogens is 465 g/mol. The molecule has 0 aliphatic carbocycles. The molecule has 3 aromatic carbocycles. The maximum Gasteiger partial charge on any atom is 0.416 e. The van der Waals surface area contributed by atoms with Gasteiger partial charge in [0.1, 0.15) is 5.76 Å². The second-order valence-corrected chi connectivity index (χ2v) is 7.94. The summed E-state index contributed by atoms with van der Waals surface area (Å²) in [5.41, 5.74) is -0.905. The molecule has 1 atom stereocenters. The number of alkyl halides is 3. The van der Waals surface area contributed by atoms with Gasteiger partial charge in [0, 0.05) is 23.4 Å². The van der Waals surface area contributed by atoms with Crippen molar-refractivity contribution in [3.05, 3.63) is 111 Å². The van der Waals surface area contributed by atoms with Crippen LogP contribution in [-0.2, 0) is 15.8 Å². The van der Waals surface area contributed by atoms with Crippen molar-refractivity contribution < 1.29 is 32.8 Å². The molecule has 1 saturated heterocycles. The van der Waals surface area contributed by atoms with E-state index in [2.05, 4.69) is 0 Å². The number of aliphatic hydroxyl groups is 1. The number of non-ortho nitro benzene ring substituents is 1. The summed E-state index contributed by atoms with van der Waals surface area (Å²) in [7, 11) is 0. The minimum atomic E-state index is -4.72. The van der Waals surface area contributed by atoms with Gasteiger partial charge in [0.05, 0.1) is 22.1 Å². The first-order valence-electron chi connectivity index (χ1n) is 10.3. The SMILES string of the molecule is Cc1ccc(/C(O)=C2/C(=O)C(=O)N(c3cccc(C(F)(F)F)c3)[C@@H]2c2cccc([N+](=O)[O-])c2)cc1. The summed E-state index contributed by atoms with van der Waals surface area (Å²) in [5, 5.41) is 22.4. The highest BCUT2D eigenvalue weighted by atomic mass is 19.4. The molecule has 0 spiro atoms. The Morgan fingerprint density at radius 1 is 1.00 bits per heavy atom. The van der Waals surface area contributed by atoms with Crippen LogP contribution in [0.3, 0.4) is 0 Å². The number of rotatable bonds is 4. The zero-order chi connectivity index (χ0) is 25.5. The number of benzene rings is 3. The van der Waals surface area contributed by atoms with Gasteiger partial charge in [0.15, 0.2) is 0 Å². The number of nitrogens with zero attached hydrogens (tertiary/aromatic N) is 2. The first kappa shape index (κ1) is 23.7. The lowest BCUT2D eigenvalue weighted by Crippen LogP contribution is -2.29. The second kappa shape index (κ2) is 8.71. The average molecular weight is 482 g/mol. The van der Waals surface area contributed by atoms with Crippen LogP contribution >= 0.6 is 0 Å². The number of aliphatic hydroxyl groups excluding tert-OH is 1. The number of hydrogen-bond acceptors (Lipinski definition) is 5. The minimum absolute atomic E-state index is 0.0736. The fourth-order valence-electron chi connectivity index (χ4n) is 3.92. The Morgan fingerprint density at radius 2 is 1.66 bits per heavy atom. The van der Waals surface area contributed by atoms with E-state index in [0.717, 1.165) is 28.7 Å². The van der Waals surface area contributed by atoms with Crippen LogP contribution in [0.5, 0.6) is 0 Å². The van der Waals surface area contributed by atoms with Gasteiger partial charge < -0.3 is 5.11 Å². The molecule has 0 bridgehead atoms. The number of aryl methyl sites for hydroxylation is 1. The van der Waals surface area contributed by atoms with Crippen LogP contribution in [0.2, 0.25) is 0 Å². The number of nitro groups is 1. The smallest absolute Gasteiger partial charge is 0.416 e. The van der Waals surface area contributed by atoms with Gasteiger partial charge in [0.2, 0.25) is 0 Å². The Bertz CT molecular complexity index is 1380. The van der Waals surface area contributed by atoms with Crippen LogP contribution in [0.15, 0.2) is 78.4 Å². The third-order valence-electron chi connectivity index (χ3n) is 5.62. The van der Waals surface area contributed by atoms with Gasteiger partial charge in [-0.15, -0.1) is 0 Å². The molecule has 4 rings (SSSR count). The summed E-state index contributed by atoms with van der Waals surface area (Å²) in [6.45, 7) is 1.81. The van der Waals surface area contributed by atoms with E-state index in [1.807, 2.05) is 0 Å². The predicted molar refractivity (Wildman–Crippen MR) is 121 cm³/mol. The Labute approximate surface area is 196 Å². The van der Waals surface area contributed by atoms with Gasteiger partial charge in [0.25, 0.3) is 17.4 Å². The van der Waals surface area contributed by atoms with E-state index in [1.165, 1.54) is 36.4 Å². The number of carbonyl (C=O) groups excluding carboxylic acids is 2. The van der Waals surface area contributed by atoms with Crippen molar-refractivity contribution in [2.45, 2.75) is 19.1 Å². The molecular formula is C25H17F3N2O5. The van der Waals surface area contributed by atoms with Gasteiger partial charge in [-0.05, 0) is 30.7 Å². The lowest BCUT2D eigenvalue weighted by atomic mass is 9.94. The zero-order valence-corrected chi connectivity index (χ0v) is 18.1. The van der Waals surface area contributed by atoms with Gasteiger partial charge in [-0.25, -0.2) is 0 Å². The number of ketones is 1. The lowest BCUT2D eigenvalue weighted by Gasteiger charge is -2.26. The molecule has 1 aliphatic heterocycles. The molecule has 3 aromatic rings. The highest BCUT2D eigenvalue weighted by Crippen LogP contribution is 2.44. The van der Waals surface area contributed by atoms with E-state index in [1.54, 1.807) is 19.1 Å². The van der Waals surface area contributed by atoms with E-state index >= 15 is 0 Å². The van der Waals surface area contributed by atoms with Gasteiger partial charge in [-0.1, -0.05) is 48.0 Å². The van der Waals surface area contributed by atoms with Gasteiger partial charge in [-0.3, -0.25) is 24.6 Å². The number of carbonyl (C=O) groups is 2. The third kappa shape index (κ3) is 4.37. The largest absolute Gasteiger partial charge is 0.507 e. The van der Waals surface area contributed by atoms with Crippen LogP contribution < -0.4 is 4.90 Å². The second-order valence-electron chi connectivity index (χ2n) is 7.94. The van der Waals surface area contributed by atoms with Crippen molar-refractivity contribution in [2.24, 2.45) is 0 Å². The molecule has 1 N–H and O–H groups in total. The van der Waals surface area contributed by atoms with E-state index in [4.69, 9.17) is 0 Å². The molecule has 0 unspecified atom stereocenters. The van der Waals surface area contributed by atoms with E-state index in [-0.39, 0.29) is 22.5 Å². The van der Waals surface area contributed by atoms with Crippen molar-refractivity contribution in [3.8, 4) is 0 Å². The van der Waals surface area contributed by atoms with E-state index in [0.29, 0.717) is 6.07 Å². The highest BCUT2D eigenvalue weighted by Gasteiger charge is 2.47. The van der Waals surface area contributed by atoms with Crippen LogP contribution in [0.4, 0.5) is 24.5 Å².